The SMILES string of the molecule is Cc1cccc(C(Cc2ccc(/C=C/c3ccc(/C=C/c4ccc(N(c5cccc(C)c5)c5cccc(C)c5)cc4)cc3)cc2)c2cccc(C)c2)c1. The minimum Gasteiger partial charge on any atom is -0.310 e. The van der Waals surface area contributed by atoms with Gasteiger partial charge < -0.3 is 4.90 Å². The summed E-state index contributed by atoms with van der Waals surface area (Å²) in [6, 6.07) is 61.8. The highest BCUT2D eigenvalue weighted by molar-refractivity contribution is 5.79. The predicted molar refractivity (Wildman–Crippen MR) is 229 cm³/mol. The quantitative estimate of drug-likeness (QED) is 0.123. The molecule has 7 aromatic rings. The molecule has 260 valence electrons. The maximum Gasteiger partial charge on any atom is 0.0464 e. The van der Waals surface area contributed by atoms with Gasteiger partial charge in [-0.2, -0.15) is 0 Å². The van der Waals surface area contributed by atoms with E-state index in [0.717, 1.165) is 23.5 Å². The van der Waals surface area contributed by atoms with Crippen molar-refractivity contribution in [2.45, 2.75) is 40.0 Å². The number of hydrogen-bond acceptors (Lipinski definition) is 1. The number of nitrogens with zero attached hydrogens (tertiary/aromatic N) is 1. The third-order valence-electron chi connectivity index (χ3n) is 9.85. The van der Waals surface area contributed by atoms with Gasteiger partial charge >= 0.3 is 0 Å². The molecular weight excluding hydrogens is 639 g/mol. The maximum absolute atomic E-state index is 2.33. The molecule has 0 aliphatic carbocycles. The average Bonchev–Trinajstić information content (AvgIpc) is 3.17. The fourth-order valence-electron chi connectivity index (χ4n) is 7.02. The van der Waals surface area contributed by atoms with E-state index in [1.165, 1.54) is 61.2 Å². The molecule has 0 aromatic heterocycles. The van der Waals surface area contributed by atoms with E-state index in [9.17, 15) is 0 Å². The fourth-order valence-corrected chi connectivity index (χ4v) is 7.02. The summed E-state index contributed by atoms with van der Waals surface area (Å²) in [6.07, 6.45) is 9.72. The van der Waals surface area contributed by atoms with Crippen LogP contribution in [0, 0.1) is 27.7 Å². The van der Waals surface area contributed by atoms with Crippen LogP contribution in [0.1, 0.15) is 67.1 Å². The highest BCUT2D eigenvalue weighted by Crippen LogP contribution is 2.35. The molecule has 1 nitrogen and oxygen atoms in total. The lowest BCUT2D eigenvalue weighted by Crippen LogP contribution is -2.10. The van der Waals surface area contributed by atoms with E-state index in [4.69, 9.17) is 0 Å². The molecule has 0 bridgehead atoms. The second-order valence-electron chi connectivity index (χ2n) is 14.3. The van der Waals surface area contributed by atoms with Gasteiger partial charge in [0, 0.05) is 23.0 Å². The molecule has 0 heterocycles. The Bertz CT molecular complexity index is 2250. The van der Waals surface area contributed by atoms with Crippen molar-refractivity contribution < 1.29 is 0 Å². The molecule has 7 aromatic carbocycles. The van der Waals surface area contributed by atoms with Gasteiger partial charge in [-0.15, -0.1) is 0 Å². The summed E-state index contributed by atoms with van der Waals surface area (Å²) >= 11 is 0. The molecule has 0 aliphatic heterocycles. The van der Waals surface area contributed by atoms with Crippen molar-refractivity contribution in [3.8, 4) is 0 Å². The lowest BCUT2D eigenvalue weighted by Gasteiger charge is -2.26. The van der Waals surface area contributed by atoms with Gasteiger partial charge in [0.1, 0.15) is 0 Å². The Kier molecular flexibility index (Phi) is 10.9. The summed E-state index contributed by atoms with van der Waals surface area (Å²) in [5.41, 5.74) is 17.3. The molecule has 0 spiro atoms. The van der Waals surface area contributed by atoms with E-state index in [2.05, 4.69) is 227 Å². The van der Waals surface area contributed by atoms with E-state index in [1.54, 1.807) is 0 Å². The first-order chi connectivity index (χ1) is 25.9. The predicted octanol–water partition coefficient (Wildman–Crippen LogP) is 14.1. The van der Waals surface area contributed by atoms with Crippen molar-refractivity contribution in [3.05, 3.63) is 231 Å². The summed E-state index contributed by atoms with van der Waals surface area (Å²) < 4.78 is 0. The van der Waals surface area contributed by atoms with Crippen molar-refractivity contribution in [1.29, 1.82) is 0 Å². The van der Waals surface area contributed by atoms with Crippen LogP contribution in [0.15, 0.2) is 170 Å². The molecule has 0 amide bonds. The van der Waals surface area contributed by atoms with Crippen LogP contribution in [0.2, 0.25) is 0 Å². The van der Waals surface area contributed by atoms with Crippen LogP contribution in [0.4, 0.5) is 17.1 Å². The van der Waals surface area contributed by atoms with E-state index >= 15 is 0 Å². The largest absolute Gasteiger partial charge is 0.310 e. The molecule has 53 heavy (non-hydrogen) atoms. The maximum atomic E-state index is 2.33. The number of rotatable bonds is 11. The number of anilines is 3. The Morgan fingerprint density at radius 3 is 1.13 bits per heavy atom. The van der Waals surface area contributed by atoms with Crippen molar-refractivity contribution in [3.63, 3.8) is 0 Å². The van der Waals surface area contributed by atoms with Crippen LogP contribution in [0.5, 0.6) is 0 Å². The second kappa shape index (κ2) is 16.4. The second-order valence-corrected chi connectivity index (χ2v) is 14.3. The Morgan fingerprint density at radius 2 is 0.736 bits per heavy atom. The minimum atomic E-state index is 0.321. The zero-order chi connectivity index (χ0) is 36.6. The fraction of sp³-hybridized carbons (Fsp3) is 0.115. The molecule has 0 unspecified atom stereocenters. The Hall–Kier alpha value is -6.18. The van der Waals surface area contributed by atoms with E-state index in [0.29, 0.717) is 5.92 Å². The van der Waals surface area contributed by atoms with Crippen molar-refractivity contribution >= 4 is 41.4 Å². The van der Waals surface area contributed by atoms with Crippen LogP contribution in [-0.4, -0.2) is 0 Å². The summed E-state index contributed by atoms with van der Waals surface area (Å²) in [4.78, 5) is 2.32. The summed E-state index contributed by atoms with van der Waals surface area (Å²) in [5, 5.41) is 0. The number of hydrogen-bond donors (Lipinski definition) is 0. The van der Waals surface area contributed by atoms with Gasteiger partial charge in [-0.3, -0.25) is 0 Å². The molecule has 0 aliphatic rings. The minimum absolute atomic E-state index is 0.321. The van der Waals surface area contributed by atoms with Gasteiger partial charge in [-0.25, -0.2) is 0 Å². The zero-order valence-corrected chi connectivity index (χ0v) is 31.2. The molecule has 0 atom stereocenters. The molecule has 7 rings (SSSR count). The first kappa shape index (κ1) is 35.2. The van der Waals surface area contributed by atoms with Gasteiger partial charge in [0.2, 0.25) is 0 Å². The van der Waals surface area contributed by atoms with Crippen LogP contribution < -0.4 is 4.90 Å². The molecule has 0 saturated carbocycles. The van der Waals surface area contributed by atoms with Crippen molar-refractivity contribution in [1.82, 2.24) is 0 Å². The number of aryl methyl sites for hydroxylation is 4. The Labute approximate surface area is 316 Å². The van der Waals surface area contributed by atoms with Gasteiger partial charge in [-0.05, 0) is 121 Å². The smallest absolute Gasteiger partial charge is 0.0464 e. The first-order valence-corrected chi connectivity index (χ1v) is 18.6. The van der Waals surface area contributed by atoms with Gasteiger partial charge in [0.05, 0.1) is 0 Å². The summed E-state index contributed by atoms with van der Waals surface area (Å²) in [6.45, 7) is 8.64. The summed E-state index contributed by atoms with van der Waals surface area (Å²) in [7, 11) is 0. The molecular formula is C52H47N. The monoisotopic (exact) mass is 685 g/mol. The van der Waals surface area contributed by atoms with Gasteiger partial charge in [-0.1, -0.05) is 169 Å². The van der Waals surface area contributed by atoms with Crippen molar-refractivity contribution in [2.75, 3.05) is 4.90 Å². The van der Waals surface area contributed by atoms with Crippen LogP contribution in [0.3, 0.4) is 0 Å². The standard InChI is InChI=1S/C52H47N/c1-38-9-5-13-47(33-38)52(48-14-6-10-39(2)34-48)37-46-27-25-44(26-28-46)22-21-42-17-19-43(20-18-42)23-24-45-29-31-49(32-30-45)53(50-15-7-11-40(3)35-50)51-16-8-12-41(4)36-51/h5-36,52H,37H2,1-4H3/b22-21+,24-23+. The van der Waals surface area contributed by atoms with Crippen LogP contribution in [-0.2, 0) is 6.42 Å². The van der Waals surface area contributed by atoms with E-state index in [-0.39, 0.29) is 0 Å². The highest BCUT2D eigenvalue weighted by atomic mass is 15.1. The van der Waals surface area contributed by atoms with Crippen LogP contribution in [0.25, 0.3) is 24.3 Å². The Balaban J connectivity index is 0.999. The normalized spacial score (nSPS) is 11.5. The zero-order valence-electron chi connectivity index (χ0n) is 31.2. The summed E-state index contributed by atoms with van der Waals surface area (Å²) in [5.74, 6) is 0.321. The molecule has 0 N–H and O–H groups in total. The topological polar surface area (TPSA) is 3.24 Å². The van der Waals surface area contributed by atoms with E-state index in [1.807, 2.05) is 0 Å². The third kappa shape index (κ3) is 9.19. The molecule has 1 heteroatoms. The van der Waals surface area contributed by atoms with Gasteiger partial charge in [0.15, 0.2) is 0 Å². The van der Waals surface area contributed by atoms with Crippen LogP contribution >= 0.6 is 0 Å². The number of benzene rings is 7. The lowest BCUT2D eigenvalue weighted by atomic mass is 9.85. The third-order valence-corrected chi connectivity index (χ3v) is 9.85. The first-order valence-electron chi connectivity index (χ1n) is 18.6. The van der Waals surface area contributed by atoms with Gasteiger partial charge in [0.25, 0.3) is 0 Å². The highest BCUT2D eigenvalue weighted by Gasteiger charge is 2.16. The molecule has 0 radical (unpaired) electrons. The van der Waals surface area contributed by atoms with Crippen molar-refractivity contribution in [2.24, 2.45) is 0 Å². The Morgan fingerprint density at radius 1 is 0.377 bits per heavy atom. The molecule has 0 fully saturated rings. The average molecular weight is 686 g/mol. The lowest BCUT2D eigenvalue weighted by molar-refractivity contribution is 0.803. The van der Waals surface area contributed by atoms with E-state index < -0.39 is 0 Å². The molecule has 0 saturated heterocycles.